The van der Waals surface area contributed by atoms with E-state index in [0.29, 0.717) is 12.6 Å². The summed E-state index contributed by atoms with van der Waals surface area (Å²) in [7, 11) is 0. The average Bonchev–Trinajstić information content (AvgIpc) is 3.58. The first-order chi connectivity index (χ1) is 16.7. The van der Waals surface area contributed by atoms with Crippen molar-refractivity contribution in [1.82, 2.24) is 14.9 Å². The van der Waals surface area contributed by atoms with Gasteiger partial charge in [-0.15, -0.1) is 22.7 Å². The number of pyridine rings is 1. The third-order valence-corrected chi connectivity index (χ3v) is 8.60. The third-order valence-electron chi connectivity index (χ3n) is 6.69. The van der Waals surface area contributed by atoms with E-state index in [4.69, 9.17) is 9.47 Å². The van der Waals surface area contributed by atoms with E-state index in [2.05, 4.69) is 57.4 Å². The summed E-state index contributed by atoms with van der Waals surface area (Å²) in [5.41, 5.74) is 6.41. The van der Waals surface area contributed by atoms with E-state index in [9.17, 15) is 0 Å². The Morgan fingerprint density at radius 1 is 1.21 bits per heavy atom. The number of thiazole rings is 1. The molecule has 2 aliphatic rings. The normalized spacial score (nSPS) is 21.4. The van der Waals surface area contributed by atoms with Crippen LogP contribution in [0.4, 0.5) is 11.4 Å². The van der Waals surface area contributed by atoms with E-state index >= 15 is 0 Å². The molecule has 0 radical (unpaired) electrons. The van der Waals surface area contributed by atoms with Gasteiger partial charge in [0.05, 0.1) is 28.0 Å². The van der Waals surface area contributed by atoms with E-state index in [0.717, 1.165) is 59.6 Å². The Morgan fingerprint density at radius 3 is 3.09 bits per heavy atom. The number of hydrogen-bond acceptors (Lipinski definition) is 8. The predicted octanol–water partition coefficient (Wildman–Crippen LogP) is 6.28. The van der Waals surface area contributed by atoms with Crippen LogP contribution >= 0.6 is 22.7 Å². The Morgan fingerprint density at radius 2 is 2.18 bits per heavy atom. The van der Waals surface area contributed by atoms with Crippen LogP contribution < -0.4 is 5.32 Å². The van der Waals surface area contributed by atoms with E-state index in [1.165, 1.54) is 21.6 Å². The second-order valence-electron chi connectivity index (χ2n) is 8.85. The van der Waals surface area contributed by atoms with Gasteiger partial charge in [0.15, 0.2) is 6.29 Å². The van der Waals surface area contributed by atoms with Crippen LogP contribution in [0.3, 0.4) is 0 Å². The first kappa shape index (κ1) is 22.1. The molecule has 8 heteroatoms. The van der Waals surface area contributed by atoms with Crippen LogP contribution in [-0.4, -0.2) is 53.5 Å². The van der Waals surface area contributed by atoms with E-state index in [1.807, 2.05) is 17.8 Å². The molecule has 2 unspecified atom stereocenters. The molecule has 0 bridgehead atoms. The number of anilines is 2. The molecule has 34 heavy (non-hydrogen) atoms. The van der Waals surface area contributed by atoms with Gasteiger partial charge in [-0.25, -0.2) is 9.97 Å². The minimum atomic E-state index is -0.0186. The standard InChI is InChI=1S/C26H28N4O2S2/c1-17-19(8-10-30(17)11-13-32-25-4-2-3-12-31-25)24-15-20-21(7-9-27-26(20)34-24)29-18-5-6-23-22(14-18)28-16-33-23/h5-9,14-17,25H,2-4,10-13H2,1H3,(H,27,29). The van der Waals surface area contributed by atoms with Gasteiger partial charge in [-0.1, -0.05) is 6.08 Å². The molecule has 6 rings (SSSR count). The number of benzene rings is 1. The van der Waals surface area contributed by atoms with Crippen LogP contribution in [0.5, 0.6) is 0 Å². The second kappa shape index (κ2) is 9.71. The van der Waals surface area contributed by atoms with Crippen LogP contribution in [0.15, 0.2) is 48.1 Å². The minimum absolute atomic E-state index is 0.0186. The molecule has 2 aliphatic heterocycles. The van der Waals surface area contributed by atoms with Crippen molar-refractivity contribution in [1.29, 1.82) is 0 Å². The summed E-state index contributed by atoms with van der Waals surface area (Å²) in [4.78, 5) is 13.9. The van der Waals surface area contributed by atoms with Crippen LogP contribution in [-0.2, 0) is 9.47 Å². The van der Waals surface area contributed by atoms with Crippen LogP contribution in [0, 0.1) is 0 Å². The number of thiophene rings is 1. The molecule has 176 valence electrons. The Labute approximate surface area is 207 Å². The number of hydrogen-bond donors (Lipinski definition) is 1. The molecule has 1 N–H and O–H groups in total. The van der Waals surface area contributed by atoms with Gasteiger partial charge in [0.1, 0.15) is 4.83 Å². The van der Waals surface area contributed by atoms with E-state index in [-0.39, 0.29) is 6.29 Å². The van der Waals surface area contributed by atoms with Gasteiger partial charge in [-0.3, -0.25) is 4.90 Å². The van der Waals surface area contributed by atoms with Crippen molar-refractivity contribution in [2.75, 3.05) is 31.6 Å². The summed E-state index contributed by atoms with van der Waals surface area (Å²) >= 11 is 3.43. The van der Waals surface area contributed by atoms with E-state index < -0.39 is 0 Å². The van der Waals surface area contributed by atoms with Crippen molar-refractivity contribution in [3.63, 3.8) is 0 Å². The lowest BCUT2D eigenvalue weighted by molar-refractivity contribution is -0.164. The fourth-order valence-corrected chi connectivity index (χ4v) is 6.57. The lowest BCUT2D eigenvalue weighted by Crippen LogP contribution is -2.34. The summed E-state index contributed by atoms with van der Waals surface area (Å²) in [6.07, 6.45) is 7.59. The smallest absolute Gasteiger partial charge is 0.157 e. The zero-order chi connectivity index (χ0) is 22.9. The first-order valence-corrected chi connectivity index (χ1v) is 13.6. The van der Waals surface area contributed by atoms with Gasteiger partial charge in [0.2, 0.25) is 0 Å². The molecule has 6 nitrogen and oxygen atoms in total. The van der Waals surface area contributed by atoms with Crippen LogP contribution in [0.2, 0.25) is 0 Å². The Balaban J connectivity index is 1.15. The molecule has 0 saturated carbocycles. The zero-order valence-corrected chi connectivity index (χ0v) is 20.8. The molecule has 1 aromatic carbocycles. The molecule has 0 amide bonds. The van der Waals surface area contributed by atoms with Gasteiger partial charge in [-0.05, 0) is 62.1 Å². The topological polar surface area (TPSA) is 59.5 Å². The van der Waals surface area contributed by atoms with E-state index in [1.54, 1.807) is 22.7 Å². The zero-order valence-electron chi connectivity index (χ0n) is 19.2. The number of nitrogens with one attached hydrogen (secondary N) is 1. The molecule has 4 aromatic rings. The largest absolute Gasteiger partial charge is 0.355 e. The fraction of sp³-hybridized carbons (Fsp3) is 0.385. The Kier molecular flexibility index (Phi) is 6.32. The van der Waals surface area contributed by atoms with Gasteiger partial charge in [0, 0.05) is 47.9 Å². The van der Waals surface area contributed by atoms with Crippen molar-refractivity contribution in [2.24, 2.45) is 0 Å². The highest BCUT2D eigenvalue weighted by atomic mass is 32.1. The highest BCUT2D eigenvalue weighted by Crippen LogP contribution is 2.38. The maximum atomic E-state index is 5.97. The Hall–Kier alpha value is -2.36. The van der Waals surface area contributed by atoms with Gasteiger partial charge in [0.25, 0.3) is 0 Å². The summed E-state index contributed by atoms with van der Waals surface area (Å²) < 4.78 is 12.9. The number of nitrogens with zero attached hydrogens (tertiary/aromatic N) is 3. The summed E-state index contributed by atoms with van der Waals surface area (Å²) in [6.45, 7) is 5.69. The maximum absolute atomic E-state index is 5.97. The fourth-order valence-electron chi connectivity index (χ4n) is 4.76. The van der Waals surface area contributed by atoms with Crippen molar-refractivity contribution in [3.05, 3.63) is 53.0 Å². The molecule has 3 aromatic heterocycles. The number of fused-ring (bicyclic) bond motifs is 2. The quantitative estimate of drug-likeness (QED) is 0.328. The average molecular weight is 493 g/mol. The SMILES string of the molecule is CC1C(c2cc3c(Nc4ccc5scnc5c4)ccnc3s2)=CCN1CCOC1CCCCO1. The van der Waals surface area contributed by atoms with Crippen LogP contribution in [0.25, 0.3) is 26.0 Å². The maximum Gasteiger partial charge on any atom is 0.157 e. The predicted molar refractivity (Wildman–Crippen MR) is 141 cm³/mol. The third kappa shape index (κ3) is 4.48. The molecule has 5 heterocycles. The summed E-state index contributed by atoms with van der Waals surface area (Å²) in [6, 6.07) is 11.0. The summed E-state index contributed by atoms with van der Waals surface area (Å²) in [5, 5.41) is 4.74. The lowest BCUT2D eigenvalue weighted by Gasteiger charge is -2.26. The number of aromatic nitrogens is 2. The molecular weight excluding hydrogens is 464 g/mol. The van der Waals surface area contributed by atoms with Gasteiger partial charge < -0.3 is 14.8 Å². The van der Waals surface area contributed by atoms with Crippen molar-refractivity contribution in [2.45, 2.75) is 38.5 Å². The highest BCUT2D eigenvalue weighted by molar-refractivity contribution is 7.19. The molecule has 0 spiro atoms. The van der Waals surface area contributed by atoms with Crippen molar-refractivity contribution in [3.8, 4) is 0 Å². The Bertz CT molecular complexity index is 1320. The molecular formula is C26H28N4O2S2. The van der Waals surface area contributed by atoms with Gasteiger partial charge >= 0.3 is 0 Å². The first-order valence-electron chi connectivity index (χ1n) is 11.9. The molecule has 2 atom stereocenters. The summed E-state index contributed by atoms with van der Waals surface area (Å²) in [5.74, 6) is 0. The number of rotatable bonds is 7. The molecule has 1 fully saturated rings. The van der Waals surface area contributed by atoms with Crippen molar-refractivity contribution >= 4 is 60.1 Å². The molecule has 0 aliphatic carbocycles. The van der Waals surface area contributed by atoms with Crippen molar-refractivity contribution < 1.29 is 9.47 Å². The van der Waals surface area contributed by atoms with Crippen LogP contribution in [0.1, 0.15) is 31.1 Å². The number of ether oxygens (including phenoxy) is 2. The lowest BCUT2D eigenvalue weighted by atomic mass is 10.1. The highest BCUT2D eigenvalue weighted by Gasteiger charge is 2.26. The second-order valence-corrected chi connectivity index (χ2v) is 10.8. The molecule has 1 saturated heterocycles. The minimum Gasteiger partial charge on any atom is -0.355 e. The monoisotopic (exact) mass is 492 g/mol. The van der Waals surface area contributed by atoms with Gasteiger partial charge in [-0.2, -0.15) is 0 Å².